The zero-order valence-electron chi connectivity index (χ0n) is 14.4. The van der Waals surface area contributed by atoms with Crippen LogP contribution >= 0.6 is 23.1 Å². The molecule has 10 heteroatoms. The molecule has 0 spiro atoms. The van der Waals surface area contributed by atoms with E-state index in [1.54, 1.807) is 6.07 Å². The maximum absolute atomic E-state index is 13.1. The zero-order chi connectivity index (χ0) is 20.1. The zero-order valence-corrected chi connectivity index (χ0v) is 16.0. The number of halogens is 1. The van der Waals surface area contributed by atoms with E-state index in [0.717, 1.165) is 0 Å². The van der Waals surface area contributed by atoms with Crippen LogP contribution in [0.15, 0.2) is 46.8 Å². The standard InChI is InChI=1S/C18H13FN4O3S2/c19-12-2-4-13(5-3-12)22(9-1-8-20)17(24)11-27-18-21-15-7-6-14(23(25)26)10-16(15)28-18/h2-7,10H,1,9,11H2. The number of carbonyl (C=O) groups excluding carboxylic acids is 1. The van der Waals surface area contributed by atoms with Crippen LogP contribution in [-0.2, 0) is 4.79 Å². The lowest BCUT2D eigenvalue weighted by molar-refractivity contribution is -0.384. The number of nitro benzene ring substituents is 1. The van der Waals surface area contributed by atoms with Crippen molar-refractivity contribution in [2.45, 2.75) is 10.8 Å². The quantitative estimate of drug-likeness (QED) is 0.322. The lowest BCUT2D eigenvalue weighted by atomic mass is 10.2. The maximum atomic E-state index is 13.1. The van der Waals surface area contributed by atoms with Crippen LogP contribution in [0.3, 0.4) is 0 Å². The van der Waals surface area contributed by atoms with Crippen molar-refractivity contribution < 1.29 is 14.1 Å². The molecule has 0 saturated heterocycles. The Morgan fingerprint density at radius 2 is 2.07 bits per heavy atom. The molecule has 3 aromatic rings. The monoisotopic (exact) mass is 416 g/mol. The average molecular weight is 416 g/mol. The number of nitro groups is 1. The largest absolute Gasteiger partial charge is 0.311 e. The van der Waals surface area contributed by atoms with Crippen molar-refractivity contribution in [1.29, 1.82) is 5.26 Å². The number of anilines is 1. The predicted molar refractivity (Wildman–Crippen MR) is 106 cm³/mol. The van der Waals surface area contributed by atoms with E-state index in [2.05, 4.69) is 4.98 Å². The molecule has 1 heterocycles. The first-order valence-electron chi connectivity index (χ1n) is 8.08. The van der Waals surface area contributed by atoms with E-state index < -0.39 is 10.7 Å². The second-order valence-electron chi connectivity index (χ2n) is 5.61. The summed E-state index contributed by atoms with van der Waals surface area (Å²) >= 11 is 2.49. The van der Waals surface area contributed by atoms with E-state index in [4.69, 9.17) is 5.26 Å². The van der Waals surface area contributed by atoms with Crippen molar-refractivity contribution >= 4 is 50.6 Å². The molecule has 0 saturated carbocycles. The highest BCUT2D eigenvalue weighted by molar-refractivity contribution is 8.01. The second kappa shape index (κ2) is 8.77. The fraction of sp³-hybridized carbons (Fsp3) is 0.167. The van der Waals surface area contributed by atoms with Gasteiger partial charge in [-0.15, -0.1) is 11.3 Å². The van der Waals surface area contributed by atoms with Crippen LogP contribution in [0.25, 0.3) is 10.2 Å². The van der Waals surface area contributed by atoms with Crippen LogP contribution in [-0.4, -0.2) is 28.1 Å². The first kappa shape index (κ1) is 19.7. The average Bonchev–Trinajstić information content (AvgIpc) is 3.10. The third-order valence-electron chi connectivity index (χ3n) is 3.77. The number of nitriles is 1. The van der Waals surface area contributed by atoms with Gasteiger partial charge in [-0.2, -0.15) is 5.26 Å². The van der Waals surface area contributed by atoms with E-state index in [1.165, 1.54) is 64.4 Å². The molecule has 0 aliphatic heterocycles. The van der Waals surface area contributed by atoms with Gasteiger partial charge in [-0.25, -0.2) is 9.37 Å². The third-order valence-corrected chi connectivity index (χ3v) is 5.91. The number of non-ortho nitro benzene ring substituents is 1. The summed E-state index contributed by atoms with van der Waals surface area (Å²) in [6, 6.07) is 11.9. The topological polar surface area (TPSA) is 100 Å². The number of benzene rings is 2. The molecule has 2 aromatic carbocycles. The third kappa shape index (κ3) is 4.62. The smallest absolute Gasteiger partial charge is 0.270 e. The van der Waals surface area contributed by atoms with Crippen molar-refractivity contribution in [2.24, 2.45) is 0 Å². The van der Waals surface area contributed by atoms with Crippen LogP contribution in [0.4, 0.5) is 15.8 Å². The van der Waals surface area contributed by atoms with Gasteiger partial charge < -0.3 is 4.90 Å². The van der Waals surface area contributed by atoms with Crippen molar-refractivity contribution in [3.8, 4) is 6.07 Å². The Morgan fingerprint density at radius 3 is 2.75 bits per heavy atom. The molecule has 142 valence electrons. The van der Waals surface area contributed by atoms with Crippen LogP contribution in [0.5, 0.6) is 0 Å². The van der Waals surface area contributed by atoms with Gasteiger partial charge in [0.05, 0.1) is 33.4 Å². The summed E-state index contributed by atoms with van der Waals surface area (Å²) in [5.74, 6) is -0.573. The van der Waals surface area contributed by atoms with Gasteiger partial charge in [0.25, 0.3) is 5.69 Å². The minimum Gasteiger partial charge on any atom is -0.311 e. The van der Waals surface area contributed by atoms with E-state index in [0.29, 0.717) is 20.2 Å². The van der Waals surface area contributed by atoms with Gasteiger partial charge in [0, 0.05) is 24.4 Å². The van der Waals surface area contributed by atoms with Crippen molar-refractivity contribution in [3.05, 3.63) is 58.4 Å². The van der Waals surface area contributed by atoms with Crippen molar-refractivity contribution in [3.63, 3.8) is 0 Å². The normalized spacial score (nSPS) is 10.6. The number of thiazole rings is 1. The highest BCUT2D eigenvalue weighted by Gasteiger charge is 2.17. The minimum absolute atomic E-state index is 0.0113. The number of hydrogen-bond acceptors (Lipinski definition) is 7. The number of nitrogens with zero attached hydrogens (tertiary/aromatic N) is 4. The molecule has 0 radical (unpaired) electrons. The number of carbonyl (C=O) groups is 1. The summed E-state index contributed by atoms with van der Waals surface area (Å²) in [7, 11) is 0. The van der Waals surface area contributed by atoms with Gasteiger partial charge in [-0.3, -0.25) is 14.9 Å². The number of aromatic nitrogens is 1. The van der Waals surface area contributed by atoms with Gasteiger partial charge in [-0.1, -0.05) is 11.8 Å². The van der Waals surface area contributed by atoms with Crippen molar-refractivity contribution in [2.75, 3.05) is 17.2 Å². The molecule has 0 N–H and O–H groups in total. The molecule has 0 unspecified atom stereocenters. The molecule has 0 atom stereocenters. The summed E-state index contributed by atoms with van der Waals surface area (Å²) in [6.45, 7) is 0.202. The highest BCUT2D eigenvalue weighted by atomic mass is 32.2. The first-order chi connectivity index (χ1) is 13.5. The molecular weight excluding hydrogens is 403 g/mol. The Balaban J connectivity index is 1.73. The summed E-state index contributed by atoms with van der Waals surface area (Å²) < 4.78 is 14.4. The predicted octanol–water partition coefficient (Wildman–Crippen LogP) is 4.38. The molecule has 1 amide bonds. The summed E-state index contributed by atoms with van der Waals surface area (Å²) in [5, 5.41) is 19.7. The Labute approximate surface area is 167 Å². The van der Waals surface area contributed by atoms with E-state index in [9.17, 15) is 19.3 Å². The Morgan fingerprint density at radius 1 is 1.32 bits per heavy atom. The molecule has 3 rings (SSSR count). The Bertz CT molecular complexity index is 1060. The SMILES string of the molecule is N#CCCN(C(=O)CSc1nc2ccc([N+](=O)[O-])cc2s1)c1ccc(F)cc1. The van der Waals surface area contributed by atoms with Gasteiger partial charge in [0.1, 0.15) is 5.82 Å². The van der Waals surface area contributed by atoms with E-state index in [-0.39, 0.29) is 30.3 Å². The fourth-order valence-electron chi connectivity index (χ4n) is 2.45. The first-order valence-corrected chi connectivity index (χ1v) is 9.89. The molecule has 0 fully saturated rings. The van der Waals surface area contributed by atoms with E-state index in [1.807, 2.05) is 6.07 Å². The minimum atomic E-state index is -0.467. The van der Waals surface area contributed by atoms with Gasteiger partial charge in [0.2, 0.25) is 5.91 Å². The summed E-state index contributed by atoms with van der Waals surface area (Å²) in [4.78, 5) is 28.9. The van der Waals surface area contributed by atoms with E-state index >= 15 is 0 Å². The number of hydrogen-bond donors (Lipinski definition) is 0. The highest BCUT2D eigenvalue weighted by Crippen LogP contribution is 2.32. The molecule has 0 aliphatic rings. The Kier molecular flexibility index (Phi) is 6.18. The van der Waals surface area contributed by atoms with Gasteiger partial charge in [-0.05, 0) is 30.3 Å². The van der Waals surface area contributed by atoms with Crippen LogP contribution in [0, 0.1) is 27.3 Å². The van der Waals surface area contributed by atoms with Gasteiger partial charge in [0.15, 0.2) is 4.34 Å². The lowest BCUT2D eigenvalue weighted by Crippen LogP contribution is -2.33. The molecule has 1 aromatic heterocycles. The maximum Gasteiger partial charge on any atom is 0.270 e. The number of thioether (sulfide) groups is 1. The lowest BCUT2D eigenvalue weighted by Gasteiger charge is -2.21. The molecule has 0 aliphatic carbocycles. The number of fused-ring (bicyclic) bond motifs is 1. The van der Waals surface area contributed by atoms with Crippen LogP contribution < -0.4 is 4.90 Å². The van der Waals surface area contributed by atoms with Crippen LogP contribution in [0.2, 0.25) is 0 Å². The van der Waals surface area contributed by atoms with Crippen LogP contribution in [0.1, 0.15) is 6.42 Å². The number of rotatable bonds is 7. The van der Waals surface area contributed by atoms with Crippen molar-refractivity contribution in [1.82, 2.24) is 4.98 Å². The second-order valence-corrected chi connectivity index (χ2v) is 7.86. The molecular formula is C18H13FN4O3S2. The number of amides is 1. The fourth-order valence-corrected chi connectivity index (χ4v) is 4.43. The summed E-state index contributed by atoms with van der Waals surface area (Å²) in [6.07, 6.45) is 0.151. The Hall–Kier alpha value is -3.03. The summed E-state index contributed by atoms with van der Waals surface area (Å²) in [5.41, 5.74) is 1.13. The molecule has 0 bridgehead atoms. The van der Waals surface area contributed by atoms with Gasteiger partial charge >= 0.3 is 0 Å². The molecule has 28 heavy (non-hydrogen) atoms. The molecule has 7 nitrogen and oxygen atoms in total.